The van der Waals surface area contributed by atoms with Crippen LogP contribution in [0.25, 0.3) is 16.9 Å². The molecular weight excluding hydrogens is 448 g/mol. The molecular formula is C26H21ClN6O. The number of nitrogens with one attached hydrogen (secondary N) is 2. The van der Waals surface area contributed by atoms with Gasteiger partial charge in [0.25, 0.3) is 5.91 Å². The highest BCUT2D eigenvalue weighted by molar-refractivity contribution is 6.31. The Hall–Kier alpha value is -4.23. The third-order valence-corrected chi connectivity index (χ3v) is 5.66. The van der Waals surface area contributed by atoms with Crippen LogP contribution in [0.15, 0.2) is 91.4 Å². The lowest BCUT2D eigenvalue weighted by Gasteiger charge is -2.14. The van der Waals surface area contributed by atoms with Crippen LogP contribution in [0.2, 0.25) is 5.02 Å². The van der Waals surface area contributed by atoms with Crippen molar-refractivity contribution in [1.82, 2.24) is 19.5 Å². The minimum absolute atomic E-state index is 0.0571. The van der Waals surface area contributed by atoms with Gasteiger partial charge in [-0.1, -0.05) is 48.0 Å². The Bertz CT molecular complexity index is 1470. The van der Waals surface area contributed by atoms with Crippen molar-refractivity contribution in [2.24, 2.45) is 0 Å². The van der Waals surface area contributed by atoms with Gasteiger partial charge in [0, 0.05) is 22.5 Å². The number of carbonyl (C=O) groups excluding carboxylic acids is 1. The molecule has 5 rings (SSSR count). The Morgan fingerprint density at radius 2 is 1.82 bits per heavy atom. The number of rotatable bonds is 6. The molecule has 2 aromatic heterocycles. The van der Waals surface area contributed by atoms with Crippen LogP contribution in [0.4, 0.5) is 11.6 Å². The molecule has 0 radical (unpaired) electrons. The van der Waals surface area contributed by atoms with E-state index in [1.54, 1.807) is 36.8 Å². The van der Waals surface area contributed by atoms with E-state index in [0.717, 1.165) is 16.6 Å². The number of hydrogen-bond acceptors (Lipinski definition) is 5. The van der Waals surface area contributed by atoms with Gasteiger partial charge in [-0.05, 0) is 55.0 Å². The minimum atomic E-state index is -0.236. The number of aromatic nitrogens is 4. The number of amides is 1. The molecule has 34 heavy (non-hydrogen) atoms. The van der Waals surface area contributed by atoms with Gasteiger partial charge in [-0.15, -0.1) is 0 Å². The summed E-state index contributed by atoms with van der Waals surface area (Å²) in [6.45, 7) is 2.07. The Labute approximate surface area is 201 Å². The van der Waals surface area contributed by atoms with Crippen molar-refractivity contribution in [3.05, 3.63) is 108 Å². The molecule has 0 saturated heterocycles. The molecule has 1 amide bonds. The first-order valence-electron chi connectivity index (χ1n) is 10.8. The molecule has 0 bridgehead atoms. The van der Waals surface area contributed by atoms with Crippen LogP contribution in [-0.2, 0) is 0 Å². The summed E-state index contributed by atoms with van der Waals surface area (Å²) in [6.07, 6.45) is 3.42. The Morgan fingerprint density at radius 3 is 2.65 bits per heavy atom. The highest BCUT2D eigenvalue weighted by Gasteiger charge is 2.12. The molecule has 0 spiro atoms. The largest absolute Gasteiger partial charge is 0.348 e. The van der Waals surface area contributed by atoms with E-state index < -0.39 is 0 Å². The lowest BCUT2D eigenvalue weighted by atomic mass is 10.1. The molecule has 3 aromatic carbocycles. The smallest absolute Gasteiger partial charge is 0.255 e. The third kappa shape index (κ3) is 4.60. The Balaban J connectivity index is 1.36. The second-order valence-corrected chi connectivity index (χ2v) is 8.23. The van der Waals surface area contributed by atoms with E-state index in [1.165, 1.54) is 0 Å². The third-order valence-electron chi connectivity index (χ3n) is 5.42. The molecule has 168 valence electrons. The molecule has 0 aliphatic carbocycles. The normalized spacial score (nSPS) is 11.8. The molecule has 8 heteroatoms. The summed E-state index contributed by atoms with van der Waals surface area (Å²) in [5.74, 6) is 0.984. The van der Waals surface area contributed by atoms with Gasteiger partial charge in [-0.2, -0.15) is 4.98 Å². The van der Waals surface area contributed by atoms with Crippen LogP contribution >= 0.6 is 11.6 Å². The molecule has 0 unspecified atom stereocenters. The number of anilines is 2. The summed E-state index contributed by atoms with van der Waals surface area (Å²) in [7, 11) is 0. The number of benzene rings is 3. The predicted octanol–water partition coefficient (Wildman–Crippen LogP) is 5.89. The summed E-state index contributed by atoms with van der Waals surface area (Å²) in [4.78, 5) is 26.1. The average Bonchev–Trinajstić information content (AvgIpc) is 3.28. The maximum atomic E-state index is 12.5. The van der Waals surface area contributed by atoms with Crippen LogP contribution in [0.3, 0.4) is 0 Å². The first kappa shape index (κ1) is 21.6. The lowest BCUT2D eigenvalue weighted by molar-refractivity contribution is 0.102. The lowest BCUT2D eigenvalue weighted by Crippen LogP contribution is -2.11. The second kappa shape index (κ2) is 9.33. The number of carbonyl (C=O) groups is 1. The number of fused-ring (bicyclic) bond motifs is 1. The molecule has 1 atom stereocenters. The summed E-state index contributed by atoms with van der Waals surface area (Å²) in [5, 5.41) is 6.75. The van der Waals surface area contributed by atoms with Crippen molar-refractivity contribution in [1.29, 1.82) is 0 Å². The first-order chi connectivity index (χ1) is 16.6. The molecule has 0 aliphatic rings. The molecule has 2 N–H and O–H groups in total. The van der Waals surface area contributed by atoms with E-state index in [2.05, 4.69) is 44.6 Å². The summed E-state index contributed by atoms with van der Waals surface area (Å²) in [6, 6.07) is 24.4. The highest BCUT2D eigenvalue weighted by atomic mass is 35.5. The van der Waals surface area contributed by atoms with Gasteiger partial charge in [-0.3, -0.25) is 9.36 Å². The van der Waals surface area contributed by atoms with Crippen molar-refractivity contribution in [3.8, 4) is 5.82 Å². The molecule has 0 saturated carbocycles. The first-order valence-corrected chi connectivity index (χ1v) is 11.1. The summed E-state index contributed by atoms with van der Waals surface area (Å²) < 4.78 is 1.89. The van der Waals surface area contributed by atoms with Crippen molar-refractivity contribution >= 4 is 40.2 Å². The number of nitrogens with zero attached hydrogens (tertiary/aromatic N) is 4. The van der Waals surface area contributed by atoms with Crippen LogP contribution in [0.5, 0.6) is 0 Å². The predicted molar refractivity (Wildman–Crippen MR) is 135 cm³/mol. The molecule has 2 heterocycles. The Kier molecular flexibility index (Phi) is 5.93. The van der Waals surface area contributed by atoms with Crippen LogP contribution in [0, 0.1) is 0 Å². The van der Waals surface area contributed by atoms with Crippen molar-refractivity contribution in [2.75, 3.05) is 10.6 Å². The highest BCUT2D eigenvalue weighted by Crippen LogP contribution is 2.23. The summed E-state index contributed by atoms with van der Waals surface area (Å²) >= 11 is 5.99. The van der Waals surface area contributed by atoms with Crippen molar-refractivity contribution < 1.29 is 4.79 Å². The van der Waals surface area contributed by atoms with Crippen LogP contribution in [0.1, 0.15) is 28.9 Å². The van der Waals surface area contributed by atoms with Gasteiger partial charge in [-0.25, -0.2) is 9.97 Å². The zero-order valence-corrected chi connectivity index (χ0v) is 19.1. The molecule has 0 fully saturated rings. The van der Waals surface area contributed by atoms with E-state index in [9.17, 15) is 4.79 Å². The number of halogens is 1. The second-order valence-electron chi connectivity index (χ2n) is 7.80. The molecule has 7 nitrogen and oxygen atoms in total. The monoisotopic (exact) mass is 468 g/mol. The summed E-state index contributed by atoms with van der Waals surface area (Å²) in [5.41, 5.74) is 3.88. The zero-order valence-electron chi connectivity index (χ0n) is 18.3. The number of hydrogen-bond donors (Lipinski definition) is 2. The van der Waals surface area contributed by atoms with Crippen molar-refractivity contribution in [2.45, 2.75) is 13.0 Å². The standard InChI is InChI=1S/C26H21ClN6O/c1-17(18-6-3-2-4-7-18)30-26-28-13-12-24(32-26)33-16-29-22-15-21(10-11-23(22)33)31-25(34)19-8-5-9-20(27)14-19/h2-17H,1H3,(H,31,34)(H,28,30,32)/t17-/m0/s1. The van der Waals surface area contributed by atoms with Crippen molar-refractivity contribution in [3.63, 3.8) is 0 Å². The van der Waals surface area contributed by atoms with Gasteiger partial charge in [0.1, 0.15) is 12.1 Å². The fraction of sp³-hybridized carbons (Fsp3) is 0.0769. The van der Waals surface area contributed by atoms with E-state index in [-0.39, 0.29) is 11.9 Å². The minimum Gasteiger partial charge on any atom is -0.348 e. The fourth-order valence-corrected chi connectivity index (χ4v) is 3.87. The van der Waals surface area contributed by atoms with Crippen LogP contribution < -0.4 is 10.6 Å². The zero-order chi connectivity index (χ0) is 23.5. The fourth-order valence-electron chi connectivity index (χ4n) is 3.68. The van der Waals surface area contributed by atoms with Gasteiger partial charge >= 0.3 is 0 Å². The molecule has 5 aromatic rings. The van der Waals surface area contributed by atoms with Crippen LogP contribution in [-0.4, -0.2) is 25.4 Å². The van der Waals surface area contributed by atoms with Gasteiger partial charge in [0.2, 0.25) is 5.95 Å². The molecule has 0 aliphatic heterocycles. The van der Waals surface area contributed by atoms with Gasteiger partial charge < -0.3 is 10.6 Å². The number of imidazole rings is 1. The quantitative estimate of drug-likeness (QED) is 0.324. The van der Waals surface area contributed by atoms with E-state index >= 15 is 0 Å². The van der Waals surface area contributed by atoms with E-state index in [4.69, 9.17) is 11.6 Å². The average molecular weight is 469 g/mol. The SMILES string of the molecule is C[C@H](Nc1nccc(-n2cnc3cc(NC(=O)c4cccc(Cl)c4)ccc32)n1)c1ccccc1. The maximum absolute atomic E-state index is 12.5. The van der Waals surface area contributed by atoms with E-state index in [1.807, 2.05) is 47.0 Å². The van der Waals surface area contributed by atoms with Gasteiger partial charge in [0.05, 0.1) is 17.1 Å². The topological polar surface area (TPSA) is 84.7 Å². The van der Waals surface area contributed by atoms with Gasteiger partial charge in [0.15, 0.2) is 0 Å². The van der Waals surface area contributed by atoms with E-state index in [0.29, 0.717) is 28.0 Å². The Morgan fingerprint density at radius 1 is 0.971 bits per heavy atom. The maximum Gasteiger partial charge on any atom is 0.255 e.